The van der Waals surface area contributed by atoms with Crippen LogP contribution < -0.4 is 5.32 Å². The van der Waals surface area contributed by atoms with Crippen LogP contribution in [0.5, 0.6) is 0 Å². The van der Waals surface area contributed by atoms with Crippen LogP contribution in [-0.4, -0.2) is 21.1 Å². The molecule has 3 rings (SSSR count). The lowest BCUT2D eigenvalue weighted by Crippen LogP contribution is -2.14. The molecule has 0 aliphatic rings. The Bertz CT molecular complexity index is 691. The highest BCUT2D eigenvalue weighted by Gasteiger charge is 2.13. The summed E-state index contributed by atoms with van der Waals surface area (Å²) in [5.41, 5.74) is 2.33. The van der Waals surface area contributed by atoms with Gasteiger partial charge in [0.15, 0.2) is 0 Å². The third-order valence-corrected chi connectivity index (χ3v) is 3.78. The second-order valence-corrected chi connectivity index (χ2v) is 5.28. The molecule has 1 N–H and O–H groups in total. The summed E-state index contributed by atoms with van der Waals surface area (Å²) >= 11 is 0. The molecule has 3 aromatic rings. The van der Waals surface area contributed by atoms with Gasteiger partial charge in [-0.05, 0) is 17.7 Å². The molecule has 112 valence electrons. The zero-order chi connectivity index (χ0) is 15.2. The van der Waals surface area contributed by atoms with E-state index >= 15 is 0 Å². The third-order valence-electron chi connectivity index (χ3n) is 3.78. The van der Waals surface area contributed by atoms with Gasteiger partial charge in [0.05, 0.1) is 5.69 Å². The lowest BCUT2D eigenvalue weighted by atomic mass is 10.0. The van der Waals surface area contributed by atoms with Gasteiger partial charge in [0.2, 0.25) is 0 Å². The van der Waals surface area contributed by atoms with E-state index in [1.165, 1.54) is 5.56 Å². The molecule has 4 heteroatoms. The largest absolute Gasteiger partial charge is 0.382 e. The first kappa shape index (κ1) is 14.3. The maximum atomic E-state index is 4.54. The molecule has 0 aliphatic heterocycles. The molecule has 0 amide bonds. The molecule has 0 bridgehead atoms. The van der Waals surface area contributed by atoms with E-state index in [9.17, 15) is 0 Å². The van der Waals surface area contributed by atoms with Crippen molar-refractivity contribution in [2.45, 2.75) is 19.4 Å². The van der Waals surface area contributed by atoms with Crippen LogP contribution in [0.3, 0.4) is 0 Å². The number of imidazole rings is 1. The van der Waals surface area contributed by atoms with Crippen molar-refractivity contribution in [2.24, 2.45) is 0 Å². The van der Waals surface area contributed by atoms with E-state index in [2.05, 4.69) is 51.0 Å². The van der Waals surface area contributed by atoms with Gasteiger partial charge in [0.25, 0.3) is 0 Å². The highest BCUT2D eigenvalue weighted by atomic mass is 15.1. The van der Waals surface area contributed by atoms with Crippen molar-refractivity contribution in [1.82, 2.24) is 14.5 Å². The standard InChI is InChI=1S/C18H20N4/c1-15(16-6-3-2-4-7-16)18-21-11-13-22(18)12-10-20-17-8-5-9-19-14-17/h2-9,11,13-15,20H,10,12H2,1H3. The Labute approximate surface area is 130 Å². The summed E-state index contributed by atoms with van der Waals surface area (Å²) in [4.78, 5) is 8.65. The summed E-state index contributed by atoms with van der Waals surface area (Å²) in [7, 11) is 0. The molecule has 0 saturated carbocycles. The second kappa shape index (κ2) is 6.89. The minimum atomic E-state index is 0.287. The van der Waals surface area contributed by atoms with Gasteiger partial charge in [-0.15, -0.1) is 0 Å². The SMILES string of the molecule is CC(c1ccccc1)c1nccn1CCNc1cccnc1. The number of aromatic nitrogens is 3. The molecule has 1 unspecified atom stereocenters. The normalized spacial score (nSPS) is 12.0. The quantitative estimate of drug-likeness (QED) is 0.755. The van der Waals surface area contributed by atoms with Crippen LogP contribution in [0, 0.1) is 0 Å². The topological polar surface area (TPSA) is 42.7 Å². The van der Waals surface area contributed by atoms with Crippen molar-refractivity contribution in [3.8, 4) is 0 Å². The fourth-order valence-corrected chi connectivity index (χ4v) is 2.57. The van der Waals surface area contributed by atoms with E-state index in [0.717, 1.165) is 24.6 Å². The van der Waals surface area contributed by atoms with Gasteiger partial charge in [-0.25, -0.2) is 4.98 Å². The number of rotatable bonds is 6. The highest BCUT2D eigenvalue weighted by Crippen LogP contribution is 2.22. The molecule has 22 heavy (non-hydrogen) atoms. The van der Waals surface area contributed by atoms with Crippen molar-refractivity contribution < 1.29 is 0 Å². The van der Waals surface area contributed by atoms with E-state index in [-0.39, 0.29) is 5.92 Å². The fourth-order valence-electron chi connectivity index (χ4n) is 2.57. The van der Waals surface area contributed by atoms with E-state index < -0.39 is 0 Å². The monoisotopic (exact) mass is 292 g/mol. The summed E-state index contributed by atoms with van der Waals surface area (Å²) in [5.74, 6) is 1.38. The Morgan fingerprint density at radius 3 is 2.73 bits per heavy atom. The summed E-state index contributed by atoms with van der Waals surface area (Å²) in [6.45, 7) is 3.92. The average molecular weight is 292 g/mol. The predicted octanol–water partition coefficient (Wildman–Crippen LogP) is 3.54. The summed E-state index contributed by atoms with van der Waals surface area (Å²) in [6.07, 6.45) is 7.53. The highest BCUT2D eigenvalue weighted by molar-refractivity contribution is 5.39. The van der Waals surface area contributed by atoms with Crippen LogP contribution in [0.4, 0.5) is 5.69 Å². The number of nitrogens with one attached hydrogen (secondary N) is 1. The second-order valence-electron chi connectivity index (χ2n) is 5.28. The minimum Gasteiger partial charge on any atom is -0.382 e. The number of anilines is 1. The van der Waals surface area contributed by atoms with Crippen molar-refractivity contribution in [1.29, 1.82) is 0 Å². The van der Waals surface area contributed by atoms with E-state index in [1.54, 1.807) is 6.20 Å². The first-order valence-electron chi connectivity index (χ1n) is 7.54. The Kier molecular flexibility index (Phi) is 4.49. The van der Waals surface area contributed by atoms with E-state index in [4.69, 9.17) is 0 Å². The van der Waals surface area contributed by atoms with Crippen LogP contribution in [0.15, 0.2) is 67.3 Å². The lowest BCUT2D eigenvalue weighted by Gasteiger charge is -2.15. The third kappa shape index (κ3) is 3.34. The van der Waals surface area contributed by atoms with Gasteiger partial charge < -0.3 is 9.88 Å². The van der Waals surface area contributed by atoms with Crippen molar-refractivity contribution in [3.63, 3.8) is 0 Å². The maximum absolute atomic E-state index is 4.54. The Morgan fingerprint density at radius 1 is 1.09 bits per heavy atom. The number of hydrogen-bond acceptors (Lipinski definition) is 3. The Morgan fingerprint density at radius 2 is 1.95 bits per heavy atom. The van der Waals surface area contributed by atoms with Gasteiger partial charge in [-0.1, -0.05) is 37.3 Å². The van der Waals surface area contributed by atoms with Gasteiger partial charge in [-0.2, -0.15) is 0 Å². The Balaban J connectivity index is 1.65. The van der Waals surface area contributed by atoms with Crippen LogP contribution in [0.25, 0.3) is 0 Å². The van der Waals surface area contributed by atoms with E-state index in [0.29, 0.717) is 0 Å². The van der Waals surface area contributed by atoms with Crippen molar-refractivity contribution in [2.75, 3.05) is 11.9 Å². The minimum absolute atomic E-state index is 0.287. The van der Waals surface area contributed by atoms with Crippen LogP contribution in [0.2, 0.25) is 0 Å². The van der Waals surface area contributed by atoms with Gasteiger partial charge in [0, 0.05) is 43.8 Å². The summed E-state index contributed by atoms with van der Waals surface area (Å²) < 4.78 is 2.21. The molecule has 1 aromatic carbocycles. The molecule has 0 saturated heterocycles. The molecular weight excluding hydrogens is 272 g/mol. The summed E-state index contributed by atoms with van der Waals surface area (Å²) in [6, 6.07) is 14.4. The number of pyridine rings is 1. The molecular formula is C18H20N4. The smallest absolute Gasteiger partial charge is 0.115 e. The van der Waals surface area contributed by atoms with Crippen LogP contribution >= 0.6 is 0 Å². The van der Waals surface area contributed by atoms with Gasteiger partial charge >= 0.3 is 0 Å². The van der Waals surface area contributed by atoms with E-state index in [1.807, 2.05) is 36.8 Å². The Hall–Kier alpha value is -2.62. The van der Waals surface area contributed by atoms with Crippen LogP contribution in [-0.2, 0) is 6.54 Å². The fraction of sp³-hybridized carbons (Fsp3) is 0.222. The lowest BCUT2D eigenvalue weighted by molar-refractivity contribution is 0.651. The molecule has 2 aromatic heterocycles. The zero-order valence-corrected chi connectivity index (χ0v) is 12.7. The first-order chi connectivity index (χ1) is 10.8. The van der Waals surface area contributed by atoms with Gasteiger partial charge in [0.1, 0.15) is 5.82 Å². The summed E-state index contributed by atoms with van der Waals surface area (Å²) in [5, 5.41) is 3.38. The zero-order valence-electron chi connectivity index (χ0n) is 12.7. The number of benzene rings is 1. The number of nitrogens with zero attached hydrogens (tertiary/aromatic N) is 3. The molecule has 2 heterocycles. The van der Waals surface area contributed by atoms with Crippen molar-refractivity contribution in [3.05, 3.63) is 78.6 Å². The van der Waals surface area contributed by atoms with Crippen LogP contribution in [0.1, 0.15) is 24.2 Å². The molecule has 0 aliphatic carbocycles. The van der Waals surface area contributed by atoms with Crippen molar-refractivity contribution >= 4 is 5.69 Å². The van der Waals surface area contributed by atoms with Gasteiger partial charge in [-0.3, -0.25) is 4.98 Å². The first-order valence-corrected chi connectivity index (χ1v) is 7.54. The maximum Gasteiger partial charge on any atom is 0.115 e. The molecule has 1 atom stereocenters. The molecule has 0 radical (unpaired) electrons. The number of hydrogen-bond donors (Lipinski definition) is 1. The average Bonchev–Trinajstić information content (AvgIpc) is 3.04. The molecule has 0 spiro atoms. The molecule has 0 fully saturated rings. The predicted molar refractivity (Wildman–Crippen MR) is 88.9 cm³/mol. The molecule has 4 nitrogen and oxygen atoms in total.